The van der Waals surface area contributed by atoms with E-state index in [1.165, 1.54) is 0 Å². The van der Waals surface area contributed by atoms with Crippen LogP contribution in [-0.2, 0) is 10.0 Å². The second kappa shape index (κ2) is 4.90. The lowest BCUT2D eigenvalue weighted by molar-refractivity contribution is 0.0432. The highest BCUT2D eigenvalue weighted by molar-refractivity contribution is 7.88. The average molecular weight is 210 g/mol. The zero-order chi connectivity index (χ0) is 10.6. The number of sulfonamides is 1. The van der Waals surface area contributed by atoms with Gasteiger partial charge in [0.05, 0.1) is 6.26 Å². The first kappa shape index (κ1) is 12.8. The molecular weight excluding hydrogens is 192 g/mol. The third kappa shape index (κ3) is 4.56. The van der Waals surface area contributed by atoms with Crippen molar-refractivity contribution in [2.75, 3.05) is 33.4 Å². The summed E-state index contributed by atoms with van der Waals surface area (Å²) in [5, 5.41) is 9.52. The van der Waals surface area contributed by atoms with Gasteiger partial charge >= 0.3 is 0 Å². The lowest BCUT2D eigenvalue weighted by Gasteiger charge is -2.26. The first-order valence-electron chi connectivity index (χ1n) is 4.08. The van der Waals surface area contributed by atoms with Crippen molar-refractivity contribution in [2.45, 2.75) is 13.2 Å². The van der Waals surface area contributed by atoms with Gasteiger partial charge in [-0.05, 0) is 14.1 Å². The summed E-state index contributed by atoms with van der Waals surface area (Å²) in [5.74, 6) is 0. The predicted molar refractivity (Wildman–Crippen MR) is 51.8 cm³/mol. The molecule has 0 spiro atoms. The number of rotatable bonds is 5. The van der Waals surface area contributed by atoms with Crippen molar-refractivity contribution in [1.29, 1.82) is 0 Å². The molecule has 5 nitrogen and oxygen atoms in total. The molecule has 0 saturated heterocycles. The van der Waals surface area contributed by atoms with E-state index in [-0.39, 0.29) is 6.54 Å². The van der Waals surface area contributed by atoms with Crippen molar-refractivity contribution in [3.8, 4) is 0 Å². The topological polar surface area (TPSA) is 60.9 Å². The maximum Gasteiger partial charge on any atom is 0.213 e. The van der Waals surface area contributed by atoms with E-state index in [1.54, 1.807) is 25.9 Å². The third-order valence-electron chi connectivity index (χ3n) is 1.60. The quantitative estimate of drug-likeness (QED) is 0.600. The summed E-state index contributed by atoms with van der Waals surface area (Å²) < 4.78 is 23.3. The summed E-state index contributed by atoms with van der Waals surface area (Å²) in [6, 6.07) is 0. The van der Waals surface area contributed by atoms with Crippen LogP contribution in [0.3, 0.4) is 0 Å². The van der Waals surface area contributed by atoms with Gasteiger partial charge in [-0.2, -0.15) is 4.31 Å². The molecule has 80 valence electrons. The molecule has 1 N–H and O–H groups in total. The van der Waals surface area contributed by atoms with Gasteiger partial charge in [0.25, 0.3) is 0 Å². The summed E-state index contributed by atoms with van der Waals surface area (Å²) >= 11 is 0. The maximum atomic E-state index is 11.1. The van der Waals surface area contributed by atoms with Crippen LogP contribution in [0.2, 0.25) is 0 Å². The van der Waals surface area contributed by atoms with E-state index in [4.69, 9.17) is 0 Å². The Morgan fingerprint density at radius 2 is 1.85 bits per heavy atom. The Morgan fingerprint density at radius 3 is 2.08 bits per heavy atom. The van der Waals surface area contributed by atoms with Gasteiger partial charge in [0.2, 0.25) is 10.0 Å². The second-order valence-electron chi connectivity index (χ2n) is 3.21. The Morgan fingerprint density at radius 1 is 1.38 bits per heavy atom. The first-order valence-corrected chi connectivity index (χ1v) is 5.93. The molecule has 0 saturated carbocycles. The molecule has 0 aromatic heterocycles. The number of hydrogen-bond acceptors (Lipinski definition) is 4. The van der Waals surface area contributed by atoms with Gasteiger partial charge < -0.3 is 10.0 Å². The zero-order valence-electron chi connectivity index (χ0n) is 8.56. The Hall–Kier alpha value is -0.170. The number of aliphatic hydroxyl groups is 1. The van der Waals surface area contributed by atoms with E-state index in [0.29, 0.717) is 6.54 Å². The third-order valence-corrected chi connectivity index (χ3v) is 2.95. The maximum absolute atomic E-state index is 11.1. The van der Waals surface area contributed by atoms with Gasteiger partial charge in [-0.25, -0.2) is 8.42 Å². The van der Waals surface area contributed by atoms with Crippen LogP contribution in [0, 0.1) is 0 Å². The fraction of sp³-hybridized carbons (Fsp3) is 1.00. The van der Waals surface area contributed by atoms with Crippen LogP contribution in [0.25, 0.3) is 0 Å². The smallest absolute Gasteiger partial charge is 0.213 e. The molecule has 0 aliphatic heterocycles. The lowest BCUT2D eigenvalue weighted by Crippen LogP contribution is -2.44. The van der Waals surface area contributed by atoms with Crippen molar-refractivity contribution in [3.63, 3.8) is 0 Å². The highest BCUT2D eigenvalue weighted by Crippen LogP contribution is 2.03. The van der Waals surface area contributed by atoms with Crippen molar-refractivity contribution >= 4 is 10.0 Å². The van der Waals surface area contributed by atoms with Crippen molar-refractivity contribution in [2.24, 2.45) is 0 Å². The van der Waals surface area contributed by atoms with Gasteiger partial charge in [0, 0.05) is 13.1 Å². The molecule has 0 amide bonds. The minimum absolute atomic E-state index is 0.286. The molecule has 0 heterocycles. The molecular formula is C7H18N2O3S. The minimum atomic E-state index is -3.30. The summed E-state index contributed by atoms with van der Waals surface area (Å²) in [5.41, 5.74) is 0. The van der Waals surface area contributed by atoms with Crippen LogP contribution in [0.15, 0.2) is 0 Å². The molecule has 0 aromatic rings. The standard InChI is InChI=1S/C7H18N2O3S/c1-5-9(13(4,11)12)7(10)6-8(2)3/h7,10H,5-6H2,1-4H3. The summed E-state index contributed by atoms with van der Waals surface area (Å²) in [6.07, 6.45) is 0.130. The van der Waals surface area contributed by atoms with E-state index in [9.17, 15) is 13.5 Å². The Labute approximate surface area is 80.0 Å². The van der Waals surface area contributed by atoms with Gasteiger partial charge in [0.1, 0.15) is 6.23 Å². The molecule has 0 rings (SSSR count). The SMILES string of the molecule is CCN(C(O)CN(C)C)S(C)(=O)=O. The Balaban J connectivity index is 4.42. The molecule has 1 unspecified atom stereocenters. The Bertz CT molecular complexity index is 238. The van der Waals surface area contributed by atoms with E-state index >= 15 is 0 Å². The first-order chi connectivity index (χ1) is 5.79. The number of hydrogen-bond donors (Lipinski definition) is 1. The molecule has 6 heteroatoms. The van der Waals surface area contributed by atoms with E-state index in [2.05, 4.69) is 0 Å². The predicted octanol–water partition coefficient (Wildman–Crippen LogP) is -0.852. The second-order valence-corrected chi connectivity index (χ2v) is 5.14. The monoisotopic (exact) mass is 210 g/mol. The van der Waals surface area contributed by atoms with Gasteiger partial charge in [-0.15, -0.1) is 0 Å². The number of aliphatic hydroxyl groups excluding tert-OH is 1. The molecule has 0 aliphatic carbocycles. The fourth-order valence-corrected chi connectivity index (χ4v) is 2.06. The molecule has 0 radical (unpaired) electrons. The van der Waals surface area contributed by atoms with Crippen molar-refractivity contribution in [1.82, 2.24) is 9.21 Å². The van der Waals surface area contributed by atoms with Crippen molar-refractivity contribution in [3.05, 3.63) is 0 Å². The van der Waals surface area contributed by atoms with E-state index in [1.807, 2.05) is 0 Å². The summed E-state index contributed by atoms with van der Waals surface area (Å²) in [6.45, 7) is 2.29. The molecule has 0 aliphatic rings. The van der Waals surface area contributed by atoms with Gasteiger partial charge in [-0.1, -0.05) is 6.92 Å². The van der Waals surface area contributed by atoms with Crippen LogP contribution in [-0.4, -0.2) is 62.4 Å². The highest BCUT2D eigenvalue weighted by Gasteiger charge is 2.22. The summed E-state index contributed by atoms with van der Waals surface area (Å²) in [4.78, 5) is 1.73. The fourth-order valence-electron chi connectivity index (χ4n) is 1.08. The van der Waals surface area contributed by atoms with Crippen LogP contribution in [0.5, 0.6) is 0 Å². The molecule has 0 fully saturated rings. The van der Waals surface area contributed by atoms with Crippen LogP contribution < -0.4 is 0 Å². The molecule has 0 bridgehead atoms. The molecule has 0 aromatic carbocycles. The zero-order valence-corrected chi connectivity index (χ0v) is 9.37. The van der Waals surface area contributed by atoms with Gasteiger partial charge in [-0.3, -0.25) is 0 Å². The highest BCUT2D eigenvalue weighted by atomic mass is 32.2. The lowest BCUT2D eigenvalue weighted by atomic mass is 10.5. The normalized spacial score (nSPS) is 15.3. The Kier molecular flexibility index (Phi) is 4.83. The average Bonchev–Trinajstić information content (AvgIpc) is 1.82. The molecule has 1 atom stereocenters. The van der Waals surface area contributed by atoms with Crippen LogP contribution in [0.4, 0.5) is 0 Å². The van der Waals surface area contributed by atoms with E-state index in [0.717, 1.165) is 10.6 Å². The van der Waals surface area contributed by atoms with Crippen molar-refractivity contribution < 1.29 is 13.5 Å². The van der Waals surface area contributed by atoms with E-state index < -0.39 is 16.3 Å². The largest absolute Gasteiger partial charge is 0.376 e. The summed E-state index contributed by atoms with van der Waals surface area (Å²) in [7, 11) is 0.251. The van der Waals surface area contributed by atoms with Crippen LogP contribution >= 0.6 is 0 Å². The number of nitrogens with zero attached hydrogens (tertiary/aromatic N) is 2. The number of likely N-dealkylation sites (N-methyl/N-ethyl adjacent to an activating group) is 2. The molecule has 13 heavy (non-hydrogen) atoms. The minimum Gasteiger partial charge on any atom is -0.376 e. The van der Waals surface area contributed by atoms with Gasteiger partial charge in [0.15, 0.2) is 0 Å². The van der Waals surface area contributed by atoms with Crippen LogP contribution in [0.1, 0.15) is 6.92 Å².